The Kier molecular flexibility index (Phi) is 1.83. The van der Waals surface area contributed by atoms with Crippen molar-refractivity contribution in [2.24, 2.45) is 0 Å². The Hall–Kier alpha value is -2.34. The fraction of sp³-hybridized carbons (Fsp3) is 0.514. The second kappa shape index (κ2) is 8.59. The molecule has 0 radical (unpaired) electrons. The summed E-state index contributed by atoms with van der Waals surface area (Å²) in [6.45, 7) is -29.1. The predicted molar refractivity (Wildman–Crippen MR) is 162 cm³/mol. The molecule has 2 aliphatic rings. The van der Waals surface area contributed by atoms with Crippen LogP contribution in [0.15, 0.2) is 54.6 Å². The highest BCUT2D eigenvalue weighted by Crippen LogP contribution is 2.48. The van der Waals surface area contributed by atoms with E-state index in [2.05, 4.69) is 0 Å². The van der Waals surface area contributed by atoms with Crippen molar-refractivity contribution in [2.45, 2.75) is 122 Å². The Balaban J connectivity index is 2.05. The Labute approximate surface area is 271 Å². The number of rotatable bonds is 3. The number of hydrogen-bond donors (Lipinski definition) is 0. The molecule has 0 saturated heterocycles. The largest absolute Gasteiger partial charge is 0.0587 e. The van der Waals surface area contributed by atoms with Gasteiger partial charge in [-0.15, -0.1) is 0 Å². The van der Waals surface area contributed by atoms with E-state index in [9.17, 15) is 0 Å². The lowest BCUT2D eigenvalue weighted by Crippen LogP contribution is -2.33. The van der Waals surface area contributed by atoms with Crippen LogP contribution in [-0.4, -0.2) is 0 Å². The molecule has 0 atom stereocenters. The Morgan fingerprint density at radius 3 is 1.24 bits per heavy atom. The minimum Gasteiger partial charge on any atom is -0.0587 e. The van der Waals surface area contributed by atoms with Crippen LogP contribution < -0.4 is 0 Å². The number of fused-ring (bicyclic) bond motifs is 2. The van der Waals surface area contributed by atoms with Crippen molar-refractivity contribution in [3.8, 4) is 22.3 Å². The minimum absolute atomic E-state index is 0.0758. The Morgan fingerprint density at radius 2 is 0.892 bits per heavy atom. The van der Waals surface area contributed by atoms with Gasteiger partial charge in [0.1, 0.15) is 0 Å². The van der Waals surface area contributed by atoms with E-state index in [1.54, 1.807) is 13.8 Å². The molecule has 0 saturated carbocycles. The summed E-state index contributed by atoms with van der Waals surface area (Å²) in [5, 5.41) is 0. The van der Waals surface area contributed by atoms with Gasteiger partial charge >= 0.3 is 0 Å². The van der Waals surface area contributed by atoms with Gasteiger partial charge in [-0.2, -0.15) is 0 Å². The molecular weight excluding hydrogens is 444 g/mol. The monoisotopic (exact) mass is 525 g/mol. The highest BCUT2D eigenvalue weighted by Gasteiger charge is 2.38. The molecule has 0 fully saturated rings. The minimum atomic E-state index is -4.35. The first-order valence-electron chi connectivity index (χ1n) is 27.7. The van der Waals surface area contributed by atoms with E-state index in [1.807, 2.05) is 0 Å². The van der Waals surface area contributed by atoms with Gasteiger partial charge in [0.2, 0.25) is 0 Å². The smallest absolute Gasteiger partial charge is 0.0276 e. The number of benzene rings is 3. The SMILES string of the molecule is [2H]C([2H])([2H])C1(C([2H])([2H])[2H])c2ccc(-c3cc(-c4ccc5c(c4)C(C([2H])([2H])[2H])(C([2H])([2H])[2H])C([2H])([2H])C([2H])([2H])C5(C([2H])([2H])[2H])C([2H])([2H])[2H])cc(C(C)C)c3)cc2C(C([2H])([2H])[2H])(C([2H])([2H])[2H])C([2H])([2H])C1([2H])[2H]. The molecule has 0 N–H and O–H groups in total. The number of hydrogen-bond acceptors (Lipinski definition) is 0. The van der Waals surface area contributed by atoms with Crippen molar-refractivity contribution >= 4 is 0 Å². The van der Waals surface area contributed by atoms with Crippen LogP contribution in [0.25, 0.3) is 22.3 Å². The van der Waals surface area contributed by atoms with Gasteiger partial charge < -0.3 is 0 Å². The molecule has 0 aromatic heterocycles. The molecule has 0 aliphatic heterocycles. The molecule has 3 aromatic carbocycles. The summed E-state index contributed by atoms with van der Waals surface area (Å²) in [6.07, 6.45) is -17.3. The standard InChI is InChI=1S/C37H48/c1-24(2)27-19-28(25-11-13-30-32(22-25)36(7,8)17-15-34(30,3)4)21-29(20-27)26-12-14-31-33(23-26)37(9,10)18-16-35(31,5)6/h11-14,19-24H,15-18H2,1-10H3/i3D3,4D3,5D3,6D3,7D3,8D3,9D3,10D3,15D2,16D2,17D2,18D2. The van der Waals surface area contributed by atoms with E-state index in [1.165, 1.54) is 18.2 Å². The zero-order valence-electron chi connectivity index (χ0n) is 52.3. The van der Waals surface area contributed by atoms with Gasteiger partial charge in [0.05, 0.1) is 0 Å². The molecule has 0 heterocycles. The van der Waals surface area contributed by atoms with Crippen molar-refractivity contribution in [3.05, 3.63) is 82.4 Å². The molecule has 196 valence electrons. The van der Waals surface area contributed by atoms with Crippen molar-refractivity contribution in [2.75, 3.05) is 0 Å². The van der Waals surface area contributed by atoms with Crippen molar-refractivity contribution in [1.82, 2.24) is 0 Å². The third-order valence-corrected chi connectivity index (χ3v) is 6.82. The van der Waals surface area contributed by atoms with Crippen LogP contribution in [0.3, 0.4) is 0 Å². The lowest BCUT2D eigenvalue weighted by molar-refractivity contribution is 0.332. The first-order chi connectivity index (χ1) is 30.2. The van der Waals surface area contributed by atoms with Crippen LogP contribution in [0.1, 0.15) is 172 Å². The molecule has 0 spiro atoms. The van der Waals surface area contributed by atoms with E-state index < -0.39 is 130 Å². The maximum Gasteiger partial charge on any atom is 0.0276 e. The predicted octanol–water partition coefficient (Wildman–Crippen LogP) is 10.8. The van der Waals surface area contributed by atoms with Gasteiger partial charge in [0, 0.05) is 43.9 Å². The second-order valence-corrected chi connectivity index (χ2v) is 10.0. The molecule has 3 aromatic rings. The van der Waals surface area contributed by atoms with E-state index >= 15 is 0 Å². The highest BCUT2D eigenvalue weighted by atomic mass is 14.4. The topological polar surface area (TPSA) is 0 Å². The second-order valence-electron chi connectivity index (χ2n) is 10.0. The van der Waals surface area contributed by atoms with Crippen molar-refractivity contribution in [1.29, 1.82) is 0 Å². The third-order valence-electron chi connectivity index (χ3n) is 6.82. The lowest BCUT2D eigenvalue weighted by Gasteiger charge is -2.42. The fourth-order valence-corrected chi connectivity index (χ4v) is 4.68. The van der Waals surface area contributed by atoms with Gasteiger partial charge in [0.15, 0.2) is 0 Å². The molecule has 37 heavy (non-hydrogen) atoms. The van der Waals surface area contributed by atoms with Gasteiger partial charge in [-0.1, -0.05) is 117 Å². The summed E-state index contributed by atoms with van der Waals surface area (Å²) < 4.78 is 277. The van der Waals surface area contributed by atoms with Gasteiger partial charge in [0.25, 0.3) is 0 Å². The van der Waals surface area contributed by atoms with Crippen molar-refractivity contribution < 1.29 is 43.9 Å². The van der Waals surface area contributed by atoms with Gasteiger partial charge in [-0.05, 0) is 109 Å². The maximum atomic E-state index is 9.13. The quantitative estimate of drug-likeness (QED) is 0.319. The Morgan fingerprint density at radius 1 is 0.514 bits per heavy atom. The summed E-state index contributed by atoms with van der Waals surface area (Å²) in [4.78, 5) is 0. The summed E-state index contributed by atoms with van der Waals surface area (Å²) in [6, 6.07) is 8.95. The highest BCUT2D eigenvalue weighted by molar-refractivity contribution is 5.76. The van der Waals surface area contributed by atoms with E-state index in [4.69, 9.17) is 43.9 Å². The van der Waals surface area contributed by atoms with Crippen LogP contribution in [-0.2, 0) is 21.7 Å². The lowest BCUT2D eigenvalue weighted by atomic mass is 9.62. The molecule has 0 amide bonds. The first kappa shape index (κ1) is 7.87. The summed E-state index contributed by atoms with van der Waals surface area (Å²) >= 11 is 0. The average molecular weight is 525 g/mol. The summed E-state index contributed by atoms with van der Waals surface area (Å²) in [5.74, 6) is -0.507. The van der Waals surface area contributed by atoms with Crippen LogP contribution in [0, 0.1) is 0 Å². The molecule has 0 nitrogen and oxygen atoms in total. The summed E-state index contributed by atoms with van der Waals surface area (Å²) in [7, 11) is 0. The first-order valence-corrected chi connectivity index (χ1v) is 11.7. The van der Waals surface area contributed by atoms with E-state index in [0.29, 0.717) is 17.7 Å². The third kappa shape index (κ3) is 4.60. The van der Waals surface area contributed by atoms with E-state index in [0.717, 1.165) is 24.3 Å². The van der Waals surface area contributed by atoms with Gasteiger partial charge in [-0.25, -0.2) is 0 Å². The molecule has 0 bridgehead atoms. The Bertz CT molecular complexity index is 2270. The average Bonchev–Trinajstić information content (AvgIpc) is 3.07. The molecule has 2 aliphatic carbocycles. The fourth-order valence-electron chi connectivity index (χ4n) is 4.68. The molecule has 0 unspecified atom stereocenters. The molecular formula is C37H48. The van der Waals surface area contributed by atoms with Crippen molar-refractivity contribution in [3.63, 3.8) is 0 Å². The zero-order valence-corrected chi connectivity index (χ0v) is 20.3. The van der Waals surface area contributed by atoms with E-state index in [-0.39, 0.29) is 22.3 Å². The zero-order chi connectivity index (χ0) is 54.1. The maximum absolute atomic E-state index is 9.13. The van der Waals surface area contributed by atoms with Crippen LogP contribution in [0.2, 0.25) is 0 Å². The van der Waals surface area contributed by atoms with Crippen LogP contribution in [0.5, 0.6) is 0 Å². The van der Waals surface area contributed by atoms with Crippen LogP contribution in [0.4, 0.5) is 0 Å². The normalized spacial score (nSPS) is 41.8. The molecule has 0 heteroatoms. The van der Waals surface area contributed by atoms with Crippen LogP contribution >= 0.6 is 0 Å². The summed E-state index contributed by atoms with van der Waals surface area (Å²) in [5.41, 5.74) is -20.9. The molecule has 5 rings (SSSR count). The van der Waals surface area contributed by atoms with Gasteiger partial charge in [-0.3, -0.25) is 0 Å².